The average molecular weight is 201 g/mol. The summed E-state index contributed by atoms with van der Waals surface area (Å²) in [7, 11) is 0. The Morgan fingerprint density at radius 1 is 1.36 bits per heavy atom. The summed E-state index contributed by atoms with van der Waals surface area (Å²) < 4.78 is 0. The third kappa shape index (κ3) is 1.63. The van der Waals surface area contributed by atoms with Crippen LogP contribution in [-0.4, -0.2) is 9.97 Å². The third-order valence-electron chi connectivity index (χ3n) is 1.73. The molecule has 2 aromatic heterocycles. The summed E-state index contributed by atoms with van der Waals surface area (Å²) in [4.78, 5) is 10.0. The van der Waals surface area contributed by atoms with Crippen LogP contribution in [-0.2, 0) is 0 Å². The lowest BCUT2D eigenvalue weighted by Gasteiger charge is -1.95. The largest absolute Gasteiger partial charge is 0.236 e. The van der Waals surface area contributed by atoms with Crippen molar-refractivity contribution in [1.29, 1.82) is 5.26 Å². The Hall–Kier alpha value is -1.73. The number of nitriles is 1. The van der Waals surface area contributed by atoms with E-state index in [-0.39, 0.29) is 0 Å². The van der Waals surface area contributed by atoms with Crippen LogP contribution in [0.2, 0.25) is 0 Å². The van der Waals surface area contributed by atoms with E-state index in [0.717, 1.165) is 10.6 Å². The highest BCUT2D eigenvalue weighted by Gasteiger charge is 2.04. The van der Waals surface area contributed by atoms with E-state index < -0.39 is 0 Å². The summed E-state index contributed by atoms with van der Waals surface area (Å²) >= 11 is 1.41. The van der Waals surface area contributed by atoms with Gasteiger partial charge in [0.1, 0.15) is 10.9 Å². The predicted molar refractivity (Wildman–Crippen MR) is 54.8 cm³/mol. The minimum atomic E-state index is 0.685. The first kappa shape index (κ1) is 8.85. The molecule has 68 valence electrons. The molecule has 0 aromatic carbocycles. The van der Waals surface area contributed by atoms with Gasteiger partial charge < -0.3 is 0 Å². The van der Waals surface area contributed by atoms with E-state index in [1.807, 2.05) is 19.1 Å². The molecule has 0 amide bonds. The van der Waals surface area contributed by atoms with Gasteiger partial charge in [-0.25, -0.2) is 9.97 Å². The molecule has 0 spiro atoms. The lowest BCUT2D eigenvalue weighted by Crippen LogP contribution is -1.87. The molecule has 0 saturated carbocycles. The van der Waals surface area contributed by atoms with E-state index >= 15 is 0 Å². The van der Waals surface area contributed by atoms with Crippen LogP contribution in [0.15, 0.2) is 24.4 Å². The van der Waals surface area contributed by atoms with Crippen molar-refractivity contribution in [2.45, 2.75) is 6.92 Å². The molecule has 0 N–H and O–H groups in total. The second-order valence-corrected chi connectivity index (χ2v) is 3.88. The summed E-state index contributed by atoms with van der Waals surface area (Å²) in [6.45, 7) is 1.92. The summed E-state index contributed by atoms with van der Waals surface area (Å²) in [6, 6.07) is 7.60. The maximum absolute atomic E-state index is 8.67. The van der Waals surface area contributed by atoms with Crippen LogP contribution in [0.3, 0.4) is 0 Å². The Balaban J connectivity index is 2.45. The molecule has 0 unspecified atom stereocenters. The van der Waals surface area contributed by atoms with Gasteiger partial charge in [-0.3, -0.25) is 0 Å². The van der Waals surface area contributed by atoms with Crippen molar-refractivity contribution in [1.82, 2.24) is 9.97 Å². The van der Waals surface area contributed by atoms with Gasteiger partial charge in [0.25, 0.3) is 0 Å². The molecular weight excluding hydrogens is 194 g/mol. The van der Waals surface area contributed by atoms with E-state index in [4.69, 9.17) is 5.26 Å². The fourth-order valence-corrected chi connectivity index (χ4v) is 1.83. The van der Waals surface area contributed by atoms with E-state index in [1.54, 1.807) is 12.3 Å². The van der Waals surface area contributed by atoms with Crippen molar-refractivity contribution in [2.24, 2.45) is 0 Å². The van der Waals surface area contributed by atoms with Crippen molar-refractivity contribution in [3.05, 3.63) is 35.0 Å². The molecule has 3 nitrogen and oxygen atoms in total. The van der Waals surface area contributed by atoms with E-state index in [0.29, 0.717) is 10.7 Å². The Morgan fingerprint density at radius 2 is 2.21 bits per heavy atom. The molecular formula is C10H7N3S. The Kier molecular flexibility index (Phi) is 2.25. The first-order valence-electron chi connectivity index (χ1n) is 4.09. The van der Waals surface area contributed by atoms with Crippen LogP contribution in [0.4, 0.5) is 0 Å². The first-order valence-corrected chi connectivity index (χ1v) is 4.91. The zero-order chi connectivity index (χ0) is 9.97. The molecule has 0 radical (unpaired) electrons. The number of hydrogen-bond acceptors (Lipinski definition) is 4. The molecule has 0 fully saturated rings. The summed E-state index contributed by atoms with van der Waals surface area (Å²) in [6.07, 6.45) is 1.73. The number of rotatable bonds is 1. The maximum Gasteiger partial charge on any atom is 0.169 e. The van der Waals surface area contributed by atoms with Crippen molar-refractivity contribution in [3.8, 4) is 16.8 Å². The highest BCUT2D eigenvalue weighted by Crippen LogP contribution is 2.24. The average Bonchev–Trinajstić information content (AvgIpc) is 2.66. The van der Waals surface area contributed by atoms with Crippen LogP contribution in [0, 0.1) is 18.3 Å². The van der Waals surface area contributed by atoms with Crippen LogP contribution in [0.25, 0.3) is 10.7 Å². The topological polar surface area (TPSA) is 49.6 Å². The predicted octanol–water partition coefficient (Wildman–Crippen LogP) is 2.39. The molecule has 0 aliphatic rings. The van der Waals surface area contributed by atoms with Crippen LogP contribution in [0.1, 0.15) is 10.6 Å². The van der Waals surface area contributed by atoms with Gasteiger partial charge in [0.05, 0.1) is 4.88 Å². The fraction of sp³-hybridized carbons (Fsp3) is 0.100. The minimum Gasteiger partial charge on any atom is -0.236 e. The molecule has 0 bridgehead atoms. The van der Waals surface area contributed by atoms with Crippen LogP contribution >= 0.6 is 11.3 Å². The zero-order valence-electron chi connectivity index (χ0n) is 7.56. The second-order valence-electron chi connectivity index (χ2n) is 2.80. The van der Waals surface area contributed by atoms with Gasteiger partial charge in [0.2, 0.25) is 0 Å². The lowest BCUT2D eigenvalue weighted by molar-refractivity contribution is 1.12. The highest BCUT2D eigenvalue weighted by molar-refractivity contribution is 7.15. The van der Waals surface area contributed by atoms with Crippen molar-refractivity contribution >= 4 is 11.3 Å². The Morgan fingerprint density at radius 3 is 2.86 bits per heavy atom. The number of nitrogens with zero attached hydrogens (tertiary/aromatic N) is 3. The minimum absolute atomic E-state index is 0.685. The molecule has 14 heavy (non-hydrogen) atoms. The van der Waals surface area contributed by atoms with Crippen molar-refractivity contribution in [2.75, 3.05) is 0 Å². The second kappa shape index (κ2) is 3.56. The quantitative estimate of drug-likeness (QED) is 0.711. The Bertz CT molecular complexity index is 496. The van der Waals surface area contributed by atoms with Gasteiger partial charge in [-0.2, -0.15) is 5.26 Å². The monoisotopic (exact) mass is 201 g/mol. The SMILES string of the molecule is Cc1ccnc(-c2ccc(C#N)s2)n1. The van der Waals surface area contributed by atoms with Gasteiger partial charge in [0.15, 0.2) is 5.82 Å². The van der Waals surface area contributed by atoms with Gasteiger partial charge in [-0.05, 0) is 25.1 Å². The summed E-state index contributed by atoms with van der Waals surface area (Å²) in [5, 5.41) is 8.67. The lowest BCUT2D eigenvalue weighted by atomic mass is 10.4. The molecule has 0 atom stereocenters. The zero-order valence-corrected chi connectivity index (χ0v) is 8.38. The molecule has 2 heterocycles. The third-order valence-corrected chi connectivity index (χ3v) is 2.72. The number of aromatic nitrogens is 2. The van der Waals surface area contributed by atoms with Crippen LogP contribution < -0.4 is 0 Å². The van der Waals surface area contributed by atoms with Gasteiger partial charge >= 0.3 is 0 Å². The number of hydrogen-bond donors (Lipinski definition) is 0. The summed E-state index contributed by atoms with van der Waals surface area (Å²) in [5.41, 5.74) is 0.932. The van der Waals surface area contributed by atoms with E-state index in [9.17, 15) is 0 Å². The summed E-state index contributed by atoms with van der Waals surface area (Å²) in [5.74, 6) is 0.691. The standard InChI is InChI=1S/C10H7N3S/c1-7-4-5-12-10(13-7)9-3-2-8(6-11)14-9/h2-5H,1H3. The Labute approximate surface area is 85.7 Å². The van der Waals surface area contributed by atoms with E-state index in [1.165, 1.54) is 11.3 Å². The van der Waals surface area contributed by atoms with Crippen molar-refractivity contribution in [3.63, 3.8) is 0 Å². The maximum atomic E-state index is 8.67. The molecule has 4 heteroatoms. The molecule has 2 rings (SSSR count). The fourth-order valence-electron chi connectivity index (χ4n) is 1.09. The molecule has 0 aliphatic heterocycles. The number of aryl methyl sites for hydroxylation is 1. The van der Waals surface area contributed by atoms with E-state index in [2.05, 4.69) is 16.0 Å². The smallest absolute Gasteiger partial charge is 0.169 e. The first-order chi connectivity index (χ1) is 6.79. The number of thiophene rings is 1. The molecule has 0 aliphatic carbocycles. The highest BCUT2D eigenvalue weighted by atomic mass is 32.1. The van der Waals surface area contributed by atoms with Gasteiger partial charge in [-0.1, -0.05) is 0 Å². The van der Waals surface area contributed by atoms with Crippen molar-refractivity contribution < 1.29 is 0 Å². The normalized spacial score (nSPS) is 9.71. The molecule has 0 saturated heterocycles. The van der Waals surface area contributed by atoms with Gasteiger partial charge in [-0.15, -0.1) is 11.3 Å². The van der Waals surface area contributed by atoms with Gasteiger partial charge in [0, 0.05) is 11.9 Å². The molecule has 2 aromatic rings. The van der Waals surface area contributed by atoms with Crippen LogP contribution in [0.5, 0.6) is 0 Å².